The van der Waals surface area contributed by atoms with Gasteiger partial charge in [-0.15, -0.1) is 0 Å². The van der Waals surface area contributed by atoms with E-state index < -0.39 is 72.7 Å². The molecule has 0 saturated carbocycles. The Morgan fingerprint density at radius 3 is 0.931 bits per heavy atom. The van der Waals surface area contributed by atoms with Crippen LogP contribution in [0.5, 0.6) is 0 Å². The Balaban J connectivity index is -0.000000120. The molecule has 0 aromatic carbocycles. The zero-order chi connectivity index (χ0) is 21.3. The van der Waals surface area contributed by atoms with Gasteiger partial charge in [-0.3, -0.25) is 19.2 Å². The summed E-state index contributed by atoms with van der Waals surface area (Å²) in [6.07, 6.45) is -4.70. The zero-order valence-electron chi connectivity index (χ0n) is 15.2. The second-order valence-electron chi connectivity index (χ2n) is 4.94. The quantitative estimate of drug-likeness (QED) is 0.142. The van der Waals surface area contributed by atoms with E-state index in [1.165, 1.54) is 0 Å². The van der Waals surface area contributed by atoms with Crippen molar-refractivity contribution in [3.8, 4) is 0 Å². The van der Waals surface area contributed by atoms with Gasteiger partial charge in [-0.2, -0.15) is 0 Å². The van der Waals surface area contributed by atoms with Gasteiger partial charge < -0.3 is 57.9 Å². The topological polar surface area (TPSA) is 337 Å². The van der Waals surface area contributed by atoms with Crippen molar-refractivity contribution < 1.29 is 99.2 Å². The first-order chi connectivity index (χ1) is 11.6. The molecule has 16 nitrogen and oxygen atoms in total. The maximum Gasteiger partial charge on any atom is 1.00 e. The predicted octanol–water partition coefficient (Wildman–Crippen LogP) is -6.50. The minimum Gasteiger partial charge on any atom is -0.547 e. The monoisotopic (exact) mass is 440 g/mol. The van der Waals surface area contributed by atoms with E-state index in [9.17, 15) is 33.9 Å². The molecule has 164 valence electrons. The molecule has 0 saturated heterocycles. The summed E-state index contributed by atoms with van der Waals surface area (Å²) in [5, 5.41) is 69.4. The molecule has 0 radical (unpaired) electrons. The molecule has 29 heavy (non-hydrogen) atoms. The SMILES string of the molecule is N.N.O=C(O)CC(O)(CC(=O)O)C(=O)O.O=C(O)CC(O)(CC(=O)O)C(=O)[O-].[Na+]. The summed E-state index contributed by atoms with van der Waals surface area (Å²) in [5.74, 6) is -10.4. The first-order valence-corrected chi connectivity index (χ1v) is 6.32. The van der Waals surface area contributed by atoms with Crippen LogP contribution in [0.15, 0.2) is 0 Å². The Kier molecular flexibility index (Phi) is 20.1. The fourth-order valence-corrected chi connectivity index (χ4v) is 1.42. The molecule has 0 fully saturated rings. The first kappa shape index (κ1) is 37.4. The Morgan fingerprint density at radius 2 is 0.793 bits per heavy atom. The van der Waals surface area contributed by atoms with Gasteiger partial charge in [0.1, 0.15) is 5.60 Å². The van der Waals surface area contributed by atoms with Gasteiger partial charge in [-0.1, -0.05) is 0 Å². The van der Waals surface area contributed by atoms with Gasteiger partial charge in [0.05, 0.1) is 31.7 Å². The molecule has 0 aliphatic rings. The first-order valence-electron chi connectivity index (χ1n) is 6.32. The largest absolute Gasteiger partial charge is 1.00 e. The number of carbonyl (C=O) groups is 6. The zero-order valence-corrected chi connectivity index (χ0v) is 17.2. The van der Waals surface area contributed by atoms with Crippen molar-refractivity contribution in [1.29, 1.82) is 0 Å². The summed E-state index contributed by atoms with van der Waals surface area (Å²) in [4.78, 5) is 60.8. The summed E-state index contributed by atoms with van der Waals surface area (Å²) in [6.45, 7) is 0. The van der Waals surface area contributed by atoms with E-state index in [4.69, 9.17) is 35.7 Å². The molecule has 0 spiro atoms. The minimum atomic E-state index is -2.85. The van der Waals surface area contributed by atoms with Crippen molar-refractivity contribution in [2.45, 2.75) is 36.9 Å². The Bertz CT molecular complexity index is 523. The van der Waals surface area contributed by atoms with Crippen LogP contribution in [0.1, 0.15) is 25.7 Å². The van der Waals surface area contributed by atoms with E-state index in [2.05, 4.69) is 0 Å². The van der Waals surface area contributed by atoms with Gasteiger partial charge >= 0.3 is 59.4 Å². The number of hydrogen-bond donors (Lipinski definition) is 9. The molecule has 0 heterocycles. The normalized spacial score (nSPS) is 9.72. The fourth-order valence-electron chi connectivity index (χ4n) is 1.42. The molecule has 0 atom stereocenters. The Hall–Kier alpha value is -2.34. The Labute approximate surface area is 184 Å². The number of carbonyl (C=O) groups excluding carboxylic acids is 1. The molecular formula is C12H21N2NaO14. The van der Waals surface area contributed by atoms with Crippen LogP contribution in [0.4, 0.5) is 0 Å². The molecule has 0 unspecified atom stereocenters. The van der Waals surface area contributed by atoms with Crippen LogP contribution in [0.2, 0.25) is 0 Å². The third kappa shape index (κ3) is 16.3. The molecule has 0 amide bonds. The summed E-state index contributed by atoms with van der Waals surface area (Å²) in [7, 11) is 0. The van der Waals surface area contributed by atoms with E-state index in [0.717, 1.165) is 0 Å². The maximum absolute atomic E-state index is 10.3. The molecule has 17 heteroatoms. The van der Waals surface area contributed by atoms with E-state index >= 15 is 0 Å². The molecule has 0 rings (SSSR count). The van der Waals surface area contributed by atoms with Crippen molar-refractivity contribution in [2.24, 2.45) is 0 Å². The molecular weight excluding hydrogens is 419 g/mol. The number of rotatable bonds is 10. The van der Waals surface area contributed by atoms with Crippen LogP contribution in [-0.2, 0) is 28.8 Å². The molecule has 13 N–H and O–H groups in total. The number of carboxylic acids is 6. The Morgan fingerprint density at radius 1 is 0.586 bits per heavy atom. The summed E-state index contributed by atoms with van der Waals surface area (Å²) < 4.78 is 0. The van der Waals surface area contributed by atoms with Gasteiger partial charge in [0.2, 0.25) is 0 Å². The number of aliphatic hydroxyl groups is 2. The number of aliphatic carboxylic acids is 6. The molecule has 0 aliphatic heterocycles. The van der Waals surface area contributed by atoms with Gasteiger partial charge in [-0.25, -0.2) is 4.79 Å². The second-order valence-corrected chi connectivity index (χ2v) is 4.94. The van der Waals surface area contributed by atoms with Gasteiger partial charge in [-0.05, 0) is 0 Å². The van der Waals surface area contributed by atoms with Crippen molar-refractivity contribution >= 4 is 35.8 Å². The van der Waals surface area contributed by atoms with E-state index in [-0.39, 0.29) is 41.9 Å². The van der Waals surface area contributed by atoms with Gasteiger partial charge in [0.15, 0.2) is 5.60 Å². The van der Waals surface area contributed by atoms with Crippen molar-refractivity contribution in [3.63, 3.8) is 0 Å². The number of carboxylic acid groups (broad SMARTS) is 6. The fraction of sp³-hybridized carbons (Fsp3) is 0.500. The molecule has 0 aliphatic carbocycles. The van der Waals surface area contributed by atoms with Crippen molar-refractivity contribution in [1.82, 2.24) is 12.3 Å². The standard InChI is InChI=1S/2C6H8O7.2H3N.Na/c2*7-3(8)1-6(13,5(11)12)2-4(9)10;;;/h2*13H,1-2H2,(H,7,8)(H,9,10)(H,11,12);2*1H3;/q;;;;+1/p-1. The summed E-state index contributed by atoms with van der Waals surface area (Å²) >= 11 is 0. The maximum atomic E-state index is 10.3. The van der Waals surface area contributed by atoms with Crippen LogP contribution in [-0.4, -0.2) is 82.8 Å². The average Bonchev–Trinajstić information content (AvgIpc) is 2.34. The molecule has 0 aromatic rings. The van der Waals surface area contributed by atoms with Crippen LogP contribution < -0.4 is 47.0 Å². The average molecular weight is 440 g/mol. The van der Waals surface area contributed by atoms with E-state index in [1.54, 1.807) is 0 Å². The summed E-state index contributed by atoms with van der Waals surface area (Å²) in [5.41, 5.74) is -5.59. The third-order valence-corrected chi connectivity index (χ3v) is 2.55. The smallest absolute Gasteiger partial charge is 0.547 e. The van der Waals surface area contributed by atoms with Crippen LogP contribution in [0, 0.1) is 0 Å². The van der Waals surface area contributed by atoms with Crippen LogP contribution >= 0.6 is 0 Å². The van der Waals surface area contributed by atoms with Crippen molar-refractivity contribution in [2.75, 3.05) is 0 Å². The van der Waals surface area contributed by atoms with Crippen molar-refractivity contribution in [3.05, 3.63) is 0 Å². The van der Waals surface area contributed by atoms with Crippen LogP contribution in [0.3, 0.4) is 0 Å². The molecule has 0 aromatic heterocycles. The van der Waals surface area contributed by atoms with Gasteiger partial charge in [0, 0.05) is 0 Å². The predicted molar refractivity (Wildman–Crippen MR) is 81.6 cm³/mol. The third-order valence-electron chi connectivity index (χ3n) is 2.55. The minimum absolute atomic E-state index is 0. The van der Waals surface area contributed by atoms with Gasteiger partial charge in [0.25, 0.3) is 0 Å². The molecule has 0 bridgehead atoms. The van der Waals surface area contributed by atoms with E-state index in [1.807, 2.05) is 0 Å². The van der Waals surface area contributed by atoms with Crippen LogP contribution in [0.25, 0.3) is 0 Å². The number of hydrogen-bond acceptors (Lipinski definition) is 11. The van der Waals surface area contributed by atoms with E-state index in [0.29, 0.717) is 0 Å². The second kappa shape index (κ2) is 15.6. The summed E-state index contributed by atoms with van der Waals surface area (Å²) in [6, 6.07) is 0.